The van der Waals surface area contributed by atoms with Gasteiger partial charge in [0.25, 0.3) is 5.91 Å². The average molecular weight is 429 g/mol. The van der Waals surface area contributed by atoms with Gasteiger partial charge in [0.05, 0.1) is 37.3 Å². The molecule has 2 aromatic heterocycles. The molecule has 0 radical (unpaired) electrons. The van der Waals surface area contributed by atoms with Gasteiger partial charge in [-0.1, -0.05) is 11.2 Å². The molecule has 3 aromatic rings. The fourth-order valence-corrected chi connectivity index (χ4v) is 4.22. The van der Waals surface area contributed by atoms with Gasteiger partial charge in [-0.3, -0.25) is 4.79 Å². The first-order valence-corrected chi connectivity index (χ1v) is 10.7. The van der Waals surface area contributed by atoms with Crippen molar-refractivity contribution < 1.29 is 23.5 Å². The minimum absolute atomic E-state index is 0.0241. The highest BCUT2D eigenvalue weighted by Gasteiger charge is 2.25. The van der Waals surface area contributed by atoms with Gasteiger partial charge in [-0.25, -0.2) is 0 Å². The molecule has 30 heavy (non-hydrogen) atoms. The predicted octanol–water partition coefficient (Wildman–Crippen LogP) is 4.24. The number of thiophene rings is 1. The number of nitrogens with zero attached hydrogens (tertiary/aromatic N) is 2. The summed E-state index contributed by atoms with van der Waals surface area (Å²) < 4.78 is 22.1. The molecule has 0 bridgehead atoms. The highest BCUT2D eigenvalue weighted by atomic mass is 32.1. The quantitative estimate of drug-likeness (QED) is 0.534. The summed E-state index contributed by atoms with van der Waals surface area (Å²) in [5.74, 6) is 1.88. The molecule has 1 aliphatic rings. The summed E-state index contributed by atoms with van der Waals surface area (Å²) >= 11 is 1.43. The normalized spacial score (nSPS) is 15.9. The molecule has 1 amide bonds. The van der Waals surface area contributed by atoms with E-state index in [0.717, 1.165) is 25.0 Å². The Labute approximate surface area is 179 Å². The Kier molecular flexibility index (Phi) is 6.35. The van der Waals surface area contributed by atoms with E-state index in [0.29, 0.717) is 40.9 Å². The lowest BCUT2D eigenvalue weighted by Gasteiger charge is -2.24. The van der Waals surface area contributed by atoms with E-state index in [2.05, 4.69) is 5.16 Å². The molecule has 1 atom stereocenters. The number of carbonyl (C=O) groups excluding carboxylic acids is 1. The molecule has 1 unspecified atom stereocenters. The van der Waals surface area contributed by atoms with Crippen molar-refractivity contribution in [1.82, 2.24) is 10.1 Å². The van der Waals surface area contributed by atoms with Crippen LogP contribution in [0.4, 0.5) is 0 Å². The Bertz CT molecular complexity index is 979. The van der Waals surface area contributed by atoms with Crippen LogP contribution in [0.3, 0.4) is 0 Å². The van der Waals surface area contributed by atoms with E-state index < -0.39 is 0 Å². The maximum Gasteiger partial charge on any atom is 0.264 e. The maximum atomic E-state index is 13.0. The number of benzene rings is 1. The zero-order valence-electron chi connectivity index (χ0n) is 17.0. The summed E-state index contributed by atoms with van der Waals surface area (Å²) in [4.78, 5) is 15.5. The topological polar surface area (TPSA) is 74.0 Å². The summed E-state index contributed by atoms with van der Waals surface area (Å²) in [5.41, 5.74) is 1.41. The van der Waals surface area contributed by atoms with Crippen LogP contribution in [0, 0.1) is 0 Å². The van der Waals surface area contributed by atoms with Crippen LogP contribution in [0.2, 0.25) is 0 Å². The van der Waals surface area contributed by atoms with Crippen molar-refractivity contribution in [2.75, 3.05) is 27.4 Å². The van der Waals surface area contributed by atoms with Gasteiger partial charge in [-0.15, -0.1) is 11.3 Å². The minimum atomic E-state index is -0.0241. The molecule has 0 aliphatic carbocycles. The molecule has 0 N–H and O–H groups in total. The fraction of sp³-hybridized carbons (Fsp3) is 0.364. The number of aromatic nitrogens is 1. The van der Waals surface area contributed by atoms with E-state index in [1.165, 1.54) is 11.3 Å². The number of hydrogen-bond acceptors (Lipinski definition) is 7. The Balaban J connectivity index is 1.57. The van der Waals surface area contributed by atoms with E-state index in [1.54, 1.807) is 19.1 Å². The summed E-state index contributed by atoms with van der Waals surface area (Å²) in [6.45, 7) is 1.61. The lowest BCUT2D eigenvalue weighted by Crippen LogP contribution is -2.36. The molecule has 158 valence electrons. The largest absolute Gasteiger partial charge is 0.497 e. The number of methoxy groups -OCH3 is 2. The highest BCUT2D eigenvalue weighted by Crippen LogP contribution is 2.34. The Morgan fingerprint density at radius 3 is 2.87 bits per heavy atom. The third-order valence-corrected chi connectivity index (χ3v) is 5.91. The molecular formula is C22H24N2O5S. The molecule has 0 saturated carbocycles. The Morgan fingerprint density at radius 1 is 1.27 bits per heavy atom. The zero-order chi connectivity index (χ0) is 20.9. The summed E-state index contributed by atoms with van der Waals surface area (Å²) in [7, 11) is 3.21. The molecule has 1 aliphatic heterocycles. The molecule has 1 aromatic carbocycles. The van der Waals surface area contributed by atoms with Gasteiger partial charge in [0.2, 0.25) is 0 Å². The van der Waals surface area contributed by atoms with E-state index in [1.807, 2.05) is 41.8 Å². The van der Waals surface area contributed by atoms with Gasteiger partial charge >= 0.3 is 0 Å². The van der Waals surface area contributed by atoms with Crippen LogP contribution < -0.4 is 9.47 Å². The smallest absolute Gasteiger partial charge is 0.264 e. The van der Waals surface area contributed by atoms with Gasteiger partial charge < -0.3 is 23.6 Å². The maximum absolute atomic E-state index is 13.0. The SMILES string of the molecule is COc1ccc(OC)c(-c2cc(CN(CC3CCCO3)C(=O)c3cccs3)no2)c1. The number of amides is 1. The second-order valence-electron chi connectivity index (χ2n) is 7.05. The molecule has 7 nitrogen and oxygen atoms in total. The van der Waals surface area contributed by atoms with Crippen molar-refractivity contribution >= 4 is 17.2 Å². The number of ether oxygens (including phenoxy) is 3. The first-order valence-electron chi connectivity index (χ1n) is 9.80. The average Bonchev–Trinajstić information content (AvgIpc) is 3.55. The third-order valence-electron chi connectivity index (χ3n) is 5.05. The van der Waals surface area contributed by atoms with Gasteiger partial charge in [0.1, 0.15) is 17.2 Å². The van der Waals surface area contributed by atoms with E-state index in [4.69, 9.17) is 18.7 Å². The third kappa shape index (κ3) is 4.49. The Morgan fingerprint density at radius 2 is 2.17 bits per heavy atom. The number of rotatable bonds is 8. The molecule has 8 heteroatoms. The molecule has 3 heterocycles. The summed E-state index contributed by atoms with van der Waals surface area (Å²) in [6.07, 6.45) is 2.04. The van der Waals surface area contributed by atoms with Crippen molar-refractivity contribution in [3.63, 3.8) is 0 Å². The number of hydrogen-bond donors (Lipinski definition) is 0. The van der Waals surface area contributed by atoms with Crippen LogP contribution in [0.15, 0.2) is 46.3 Å². The van der Waals surface area contributed by atoms with Crippen molar-refractivity contribution in [3.05, 3.63) is 52.3 Å². The van der Waals surface area contributed by atoms with Gasteiger partial charge in [0.15, 0.2) is 5.76 Å². The van der Waals surface area contributed by atoms with Crippen molar-refractivity contribution in [1.29, 1.82) is 0 Å². The summed E-state index contributed by atoms with van der Waals surface area (Å²) in [6, 6.07) is 11.0. The molecule has 1 saturated heterocycles. The van der Waals surface area contributed by atoms with Crippen LogP contribution in [-0.2, 0) is 11.3 Å². The first kappa shape index (κ1) is 20.4. The van der Waals surface area contributed by atoms with Crippen molar-refractivity contribution in [2.24, 2.45) is 0 Å². The van der Waals surface area contributed by atoms with E-state index >= 15 is 0 Å². The first-order chi connectivity index (χ1) is 14.7. The molecule has 0 spiro atoms. The van der Waals surface area contributed by atoms with Crippen LogP contribution in [0.5, 0.6) is 11.5 Å². The molecular weight excluding hydrogens is 404 g/mol. The second-order valence-corrected chi connectivity index (χ2v) is 7.99. The summed E-state index contributed by atoms with van der Waals surface area (Å²) in [5, 5.41) is 6.10. The lowest BCUT2D eigenvalue weighted by atomic mass is 10.1. The van der Waals surface area contributed by atoms with Crippen LogP contribution in [0.25, 0.3) is 11.3 Å². The molecule has 1 fully saturated rings. The standard InChI is InChI=1S/C22H24N2O5S/c1-26-16-7-8-19(27-2)18(12-16)20-11-15(23-29-20)13-24(14-17-5-3-9-28-17)22(25)21-6-4-10-30-21/h4,6-8,10-12,17H,3,5,9,13-14H2,1-2H3. The molecule has 4 rings (SSSR count). The monoisotopic (exact) mass is 428 g/mol. The fourth-order valence-electron chi connectivity index (χ4n) is 3.52. The van der Waals surface area contributed by atoms with Crippen LogP contribution in [0.1, 0.15) is 28.2 Å². The van der Waals surface area contributed by atoms with Gasteiger partial charge in [-0.2, -0.15) is 0 Å². The van der Waals surface area contributed by atoms with Crippen molar-refractivity contribution in [2.45, 2.75) is 25.5 Å². The van der Waals surface area contributed by atoms with Gasteiger partial charge in [0, 0.05) is 19.2 Å². The van der Waals surface area contributed by atoms with Crippen LogP contribution >= 0.6 is 11.3 Å². The lowest BCUT2D eigenvalue weighted by molar-refractivity contribution is 0.0506. The minimum Gasteiger partial charge on any atom is -0.497 e. The van der Waals surface area contributed by atoms with Crippen LogP contribution in [-0.4, -0.2) is 49.4 Å². The number of carbonyl (C=O) groups is 1. The predicted molar refractivity (Wildman–Crippen MR) is 113 cm³/mol. The van der Waals surface area contributed by atoms with E-state index in [9.17, 15) is 4.79 Å². The second kappa shape index (κ2) is 9.32. The Hall–Kier alpha value is -2.84. The van der Waals surface area contributed by atoms with E-state index in [-0.39, 0.29) is 12.0 Å². The van der Waals surface area contributed by atoms with Gasteiger partial charge in [-0.05, 0) is 42.5 Å². The highest BCUT2D eigenvalue weighted by molar-refractivity contribution is 7.12. The zero-order valence-corrected chi connectivity index (χ0v) is 17.8. The van der Waals surface area contributed by atoms with Crippen molar-refractivity contribution in [3.8, 4) is 22.8 Å².